The van der Waals surface area contributed by atoms with Crippen molar-refractivity contribution in [3.05, 3.63) is 29.8 Å². The van der Waals surface area contributed by atoms with Crippen LogP contribution < -0.4 is 5.32 Å². The van der Waals surface area contributed by atoms with E-state index in [9.17, 15) is 4.79 Å². The van der Waals surface area contributed by atoms with E-state index in [-0.39, 0.29) is 11.3 Å². The number of nitriles is 1. The number of amides is 1. The van der Waals surface area contributed by atoms with Gasteiger partial charge in [0.25, 0.3) is 0 Å². The Kier molecular flexibility index (Phi) is 5.92. The second-order valence-corrected chi connectivity index (χ2v) is 6.51. The fraction of sp³-hybridized carbons (Fsp3) is 0.529. The van der Waals surface area contributed by atoms with Crippen molar-refractivity contribution < 1.29 is 4.79 Å². The molecule has 0 aliphatic carbocycles. The summed E-state index contributed by atoms with van der Waals surface area (Å²) in [6.07, 6.45) is 0.438. The Morgan fingerprint density at radius 2 is 2.10 bits per heavy atom. The van der Waals surface area contributed by atoms with Crippen molar-refractivity contribution in [2.24, 2.45) is 5.41 Å². The van der Waals surface area contributed by atoms with Gasteiger partial charge in [-0.3, -0.25) is 4.79 Å². The lowest BCUT2D eigenvalue weighted by atomic mass is 9.87. The highest BCUT2D eigenvalue weighted by molar-refractivity contribution is 5.90. The molecule has 0 saturated carbocycles. The molecule has 0 heterocycles. The van der Waals surface area contributed by atoms with Crippen molar-refractivity contribution >= 4 is 11.6 Å². The van der Waals surface area contributed by atoms with Gasteiger partial charge in [0.2, 0.25) is 5.91 Å². The van der Waals surface area contributed by atoms with Crippen LogP contribution in [0.3, 0.4) is 0 Å². The Balaban J connectivity index is 2.49. The lowest BCUT2D eigenvalue weighted by Gasteiger charge is -2.35. The van der Waals surface area contributed by atoms with Crippen LogP contribution in [0.25, 0.3) is 0 Å². The first-order valence-electron chi connectivity index (χ1n) is 7.24. The minimum Gasteiger partial charge on any atom is -0.326 e. The summed E-state index contributed by atoms with van der Waals surface area (Å²) in [6.45, 7) is 9.47. The summed E-state index contributed by atoms with van der Waals surface area (Å²) in [5, 5.41) is 11.7. The van der Waals surface area contributed by atoms with E-state index in [1.54, 1.807) is 24.3 Å². The van der Waals surface area contributed by atoms with E-state index in [4.69, 9.17) is 5.26 Å². The highest BCUT2D eigenvalue weighted by Gasteiger charge is 2.23. The van der Waals surface area contributed by atoms with E-state index in [0.717, 1.165) is 0 Å². The smallest absolute Gasteiger partial charge is 0.225 e. The summed E-state index contributed by atoms with van der Waals surface area (Å²) in [5.74, 6) is -0.0296. The summed E-state index contributed by atoms with van der Waals surface area (Å²) >= 11 is 0. The number of rotatable bonds is 5. The zero-order valence-electron chi connectivity index (χ0n) is 13.6. The molecular weight excluding hydrogens is 262 g/mol. The van der Waals surface area contributed by atoms with Gasteiger partial charge >= 0.3 is 0 Å². The number of anilines is 1. The van der Waals surface area contributed by atoms with Crippen molar-refractivity contribution in [1.29, 1.82) is 5.26 Å². The van der Waals surface area contributed by atoms with Crippen LogP contribution in [-0.2, 0) is 4.79 Å². The molecular formula is C17H25N3O. The van der Waals surface area contributed by atoms with Crippen LogP contribution >= 0.6 is 0 Å². The van der Waals surface area contributed by atoms with Crippen LogP contribution in [0.1, 0.15) is 39.7 Å². The molecule has 0 radical (unpaired) electrons. The molecule has 1 rings (SSSR count). The first-order chi connectivity index (χ1) is 9.74. The van der Waals surface area contributed by atoms with Gasteiger partial charge in [0, 0.05) is 24.7 Å². The topological polar surface area (TPSA) is 56.1 Å². The monoisotopic (exact) mass is 287 g/mol. The predicted molar refractivity (Wildman–Crippen MR) is 86.0 cm³/mol. The average Bonchev–Trinajstić information content (AvgIpc) is 2.43. The molecule has 1 atom stereocenters. The number of nitrogens with zero attached hydrogens (tertiary/aromatic N) is 2. The summed E-state index contributed by atoms with van der Waals surface area (Å²) in [4.78, 5) is 14.2. The number of hydrogen-bond donors (Lipinski definition) is 1. The molecule has 1 aromatic rings. The second-order valence-electron chi connectivity index (χ2n) is 6.51. The third-order valence-electron chi connectivity index (χ3n) is 3.88. The maximum atomic E-state index is 12.0. The SMILES string of the molecule is CC(N(C)CCC(=O)Nc1cccc(C#N)c1)C(C)(C)C. The van der Waals surface area contributed by atoms with Gasteiger partial charge < -0.3 is 10.2 Å². The van der Waals surface area contributed by atoms with Crippen molar-refractivity contribution in [3.63, 3.8) is 0 Å². The number of benzene rings is 1. The lowest BCUT2D eigenvalue weighted by Crippen LogP contribution is -2.40. The quantitative estimate of drug-likeness (QED) is 0.904. The van der Waals surface area contributed by atoms with Gasteiger partial charge in [-0.2, -0.15) is 5.26 Å². The summed E-state index contributed by atoms with van der Waals surface area (Å²) < 4.78 is 0. The molecule has 0 aliphatic rings. The highest BCUT2D eigenvalue weighted by Crippen LogP contribution is 2.23. The molecule has 1 unspecified atom stereocenters. The first-order valence-corrected chi connectivity index (χ1v) is 7.24. The van der Waals surface area contributed by atoms with Crippen molar-refractivity contribution in [2.75, 3.05) is 18.9 Å². The van der Waals surface area contributed by atoms with E-state index >= 15 is 0 Å². The van der Waals surface area contributed by atoms with E-state index in [0.29, 0.717) is 30.3 Å². The molecule has 0 fully saturated rings. The molecule has 114 valence electrons. The van der Waals surface area contributed by atoms with Gasteiger partial charge in [0.05, 0.1) is 11.6 Å². The number of carbonyl (C=O) groups excluding carboxylic acids is 1. The fourth-order valence-corrected chi connectivity index (χ4v) is 2.02. The first kappa shape index (κ1) is 17.2. The van der Waals surface area contributed by atoms with Crippen LogP contribution in [0.2, 0.25) is 0 Å². The molecule has 0 saturated heterocycles. The summed E-state index contributed by atoms with van der Waals surface area (Å²) in [5.41, 5.74) is 1.41. The Hall–Kier alpha value is -1.86. The van der Waals surface area contributed by atoms with E-state index < -0.39 is 0 Å². The molecule has 1 N–H and O–H groups in total. The zero-order valence-corrected chi connectivity index (χ0v) is 13.6. The lowest BCUT2D eigenvalue weighted by molar-refractivity contribution is -0.116. The zero-order chi connectivity index (χ0) is 16.0. The predicted octanol–water partition coefficient (Wildman–Crippen LogP) is 3.25. The van der Waals surface area contributed by atoms with Crippen LogP contribution in [0.15, 0.2) is 24.3 Å². The molecule has 21 heavy (non-hydrogen) atoms. The minimum atomic E-state index is -0.0296. The maximum Gasteiger partial charge on any atom is 0.225 e. The van der Waals surface area contributed by atoms with Crippen molar-refractivity contribution in [3.8, 4) is 6.07 Å². The molecule has 1 aromatic carbocycles. The van der Waals surface area contributed by atoms with Gasteiger partial charge in [-0.15, -0.1) is 0 Å². The largest absolute Gasteiger partial charge is 0.326 e. The van der Waals surface area contributed by atoms with Gasteiger partial charge in [-0.1, -0.05) is 26.8 Å². The van der Waals surface area contributed by atoms with Crippen LogP contribution in [0.5, 0.6) is 0 Å². The molecule has 1 amide bonds. The maximum absolute atomic E-state index is 12.0. The standard InChI is InChI=1S/C17H25N3O/c1-13(17(2,3)4)20(5)10-9-16(21)19-15-8-6-7-14(11-15)12-18/h6-8,11,13H,9-10H2,1-5H3,(H,19,21). The Morgan fingerprint density at radius 1 is 1.43 bits per heavy atom. The minimum absolute atomic E-state index is 0.0296. The Bertz CT molecular complexity index is 526. The van der Waals surface area contributed by atoms with Crippen LogP contribution in [-0.4, -0.2) is 30.4 Å². The number of hydrogen-bond acceptors (Lipinski definition) is 3. The second kappa shape index (κ2) is 7.24. The average molecular weight is 287 g/mol. The molecule has 0 spiro atoms. The Morgan fingerprint density at radius 3 is 2.67 bits per heavy atom. The third-order valence-corrected chi connectivity index (χ3v) is 3.88. The van der Waals surface area contributed by atoms with Gasteiger partial charge in [0.15, 0.2) is 0 Å². The molecule has 0 bridgehead atoms. The van der Waals surface area contributed by atoms with E-state index in [1.165, 1.54) is 0 Å². The summed E-state index contributed by atoms with van der Waals surface area (Å²) in [7, 11) is 2.04. The van der Waals surface area contributed by atoms with Crippen LogP contribution in [0, 0.1) is 16.7 Å². The number of carbonyl (C=O) groups is 1. The Labute approximate surface area is 127 Å². The summed E-state index contributed by atoms with van der Waals surface area (Å²) in [6, 6.07) is 9.41. The van der Waals surface area contributed by atoms with Gasteiger partial charge in [-0.25, -0.2) is 0 Å². The van der Waals surface area contributed by atoms with Gasteiger partial charge in [0.1, 0.15) is 0 Å². The third kappa shape index (κ3) is 5.57. The van der Waals surface area contributed by atoms with Gasteiger partial charge in [-0.05, 0) is 37.6 Å². The molecule has 4 heteroatoms. The van der Waals surface area contributed by atoms with Crippen LogP contribution in [0.4, 0.5) is 5.69 Å². The van der Waals surface area contributed by atoms with E-state index in [2.05, 4.69) is 44.0 Å². The van der Waals surface area contributed by atoms with E-state index in [1.807, 2.05) is 7.05 Å². The normalized spacial score (nSPS) is 12.8. The molecule has 4 nitrogen and oxygen atoms in total. The molecule has 0 aromatic heterocycles. The number of nitrogens with one attached hydrogen (secondary N) is 1. The van der Waals surface area contributed by atoms with Crippen molar-refractivity contribution in [2.45, 2.75) is 40.2 Å². The highest BCUT2D eigenvalue weighted by atomic mass is 16.1. The molecule has 0 aliphatic heterocycles. The van der Waals surface area contributed by atoms with Crippen molar-refractivity contribution in [1.82, 2.24) is 4.90 Å². The fourth-order valence-electron chi connectivity index (χ4n) is 2.02.